The van der Waals surface area contributed by atoms with Crippen LogP contribution in [0.25, 0.3) is 0 Å². The highest BCUT2D eigenvalue weighted by atomic mass is 19.3. The zero-order valence-electron chi connectivity index (χ0n) is 15.1. The second kappa shape index (κ2) is 10.6. The lowest BCUT2D eigenvalue weighted by molar-refractivity contribution is -0.135. The summed E-state index contributed by atoms with van der Waals surface area (Å²) in [6.45, 7) is -0.0352. The lowest BCUT2D eigenvalue weighted by Gasteiger charge is -2.31. The lowest BCUT2D eigenvalue weighted by atomic mass is 9.95. The molecule has 3 amide bonds. The number of halogens is 2. The van der Waals surface area contributed by atoms with E-state index in [1.807, 2.05) is 35.6 Å². The molecule has 0 spiro atoms. The summed E-state index contributed by atoms with van der Waals surface area (Å²) in [4.78, 5) is 37.5. The minimum Gasteiger partial charge on any atom is -0.349 e. The predicted octanol–water partition coefficient (Wildman–Crippen LogP) is 1.36. The molecule has 1 saturated heterocycles. The summed E-state index contributed by atoms with van der Waals surface area (Å²) in [5, 5.41) is 4.50. The van der Waals surface area contributed by atoms with Gasteiger partial charge in [0, 0.05) is 25.4 Å². The third-order valence-corrected chi connectivity index (χ3v) is 4.57. The van der Waals surface area contributed by atoms with Crippen molar-refractivity contribution in [1.29, 1.82) is 0 Å². The highest BCUT2D eigenvalue weighted by Crippen LogP contribution is 2.18. The van der Waals surface area contributed by atoms with Crippen molar-refractivity contribution < 1.29 is 23.2 Å². The van der Waals surface area contributed by atoms with Gasteiger partial charge >= 0.3 is 0 Å². The Hall–Kier alpha value is -2.51. The van der Waals surface area contributed by atoms with Gasteiger partial charge in [-0.2, -0.15) is 0 Å². The van der Waals surface area contributed by atoms with Gasteiger partial charge in [-0.25, -0.2) is 8.78 Å². The molecule has 27 heavy (non-hydrogen) atoms. The molecule has 1 heterocycles. The standard InChI is InChI=1S/C19H25F2N3O3/c20-16(21)12-22-17(25)13-23-19(27)15-8-10-24(11-9-15)18(26)7-6-14-4-2-1-3-5-14/h1-5,15-16H,6-13H2,(H,22,25)(H,23,27). The van der Waals surface area contributed by atoms with Gasteiger partial charge in [0.1, 0.15) is 0 Å². The third-order valence-electron chi connectivity index (χ3n) is 4.57. The van der Waals surface area contributed by atoms with E-state index in [4.69, 9.17) is 0 Å². The topological polar surface area (TPSA) is 78.5 Å². The Kier molecular flexibility index (Phi) is 8.16. The Morgan fingerprint density at radius 1 is 1.07 bits per heavy atom. The fraction of sp³-hybridized carbons (Fsp3) is 0.526. The molecule has 0 bridgehead atoms. The van der Waals surface area contributed by atoms with Gasteiger partial charge in [-0.05, 0) is 24.8 Å². The summed E-state index contributed by atoms with van der Waals surface area (Å²) < 4.78 is 24.0. The number of alkyl halides is 2. The molecule has 1 aliphatic rings. The van der Waals surface area contributed by atoms with Gasteiger partial charge in [0.15, 0.2) is 0 Å². The maximum absolute atomic E-state index is 12.3. The van der Waals surface area contributed by atoms with E-state index in [0.29, 0.717) is 38.8 Å². The van der Waals surface area contributed by atoms with Crippen molar-refractivity contribution in [1.82, 2.24) is 15.5 Å². The Morgan fingerprint density at radius 3 is 2.37 bits per heavy atom. The van der Waals surface area contributed by atoms with Crippen LogP contribution >= 0.6 is 0 Å². The second-order valence-corrected chi connectivity index (χ2v) is 6.55. The number of carbonyl (C=O) groups excluding carboxylic acids is 3. The number of aryl methyl sites for hydroxylation is 1. The number of hydrogen-bond acceptors (Lipinski definition) is 3. The van der Waals surface area contributed by atoms with E-state index < -0.39 is 18.9 Å². The van der Waals surface area contributed by atoms with Crippen molar-refractivity contribution in [2.45, 2.75) is 32.1 Å². The SMILES string of the molecule is O=C(CNC(=O)C1CCN(C(=O)CCc2ccccc2)CC1)NCC(F)F. The molecule has 1 aromatic carbocycles. The highest BCUT2D eigenvalue weighted by molar-refractivity contribution is 5.86. The minimum absolute atomic E-state index is 0.0732. The molecule has 0 unspecified atom stereocenters. The molecule has 6 nitrogen and oxygen atoms in total. The first kappa shape index (κ1) is 20.8. The molecule has 0 aliphatic carbocycles. The van der Waals surface area contributed by atoms with E-state index in [0.717, 1.165) is 5.56 Å². The maximum Gasteiger partial charge on any atom is 0.255 e. The number of amides is 3. The van der Waals surface area contributed by atoms with Crippen LogP contribution in [0.3, 0.4) is 0 Å². The number of benzene rings is 1. The molecule has 1 fully saturated rings. The van der Waals surface area contributed by atoms with E-state index in [-0.39, 0.29) is 24.3 Å². The molecule has 1 aromatic rings. The van der Waals surface area contributed by atoms with E-state index in [9.17, 15) is 23.2 Å². The van der Waals surface area contributed by atoms with E-state index >= 15 is 0 Å². The Bertz CT molecular complexity index is 632. The van der Waals surface area contributed by atoms with Gasteiger partial charge in [0.05, 0.1) is 13.1 Å². The fourth-order valence-corrected chi connectivity index (χ4v) is 3.01. The average Bonchev–Trinajstić information content (AvgIpc) is 2.69. The molecule has 8 heteroatoms. The molecule has 1 aliphatic heterocycles. The molecule has 0 atom stereocenters. The van der Waals surface area contributed by atoms with Crippen LogP contribution < -0.4 is 10.6 Å². The quantitative estimate of drug-likeness (QED) is 0.714. The summed E-state index contributed by atoms with van der Waals surface area (Å²) in [7, 11) is 0. The Labute approximate surface area is 157 Å². The summed E-state index contributed by atoms with van der Waals surface area (Å²) >= 11 is 0. The summed E-state index contributed by atoms with van der Waals surface area (Å²) in [5.74, 6) is -1.12. The second-order valence-electron chi connectivity index (χ2n) is 6.55. The molecule has 0 saturated carbocycles. The summed E-state index contributed by atoms with van der Waals surface area (Å²) in [6, 6.07) is 9.79. The first-order chi connectivity index (χ1) is 13.0. The van der Waals surface area contributed by atoms with Crippen LogP contribution in [0.2, 0.25) is 0 Å². The Balaban J connectivity index is 1.66. The number of rotatable bonds is 8. The van der Waals surface area contributed by atoms with Gasteiger partial charge < -0.3 is 15.5 Å². The number of likely N-dealkylation sites (tertiary alicyclic amines) is 1. The molecule has 2 rings (SSSR count). The van der Waals surface area contributed by atoms with Crippen molar-refractivity contribution in [3.8, 4) is 0 Å². The predicted molar refractivity (Wildman–Crippen MR) is 96.1 cm³/mol. The summed E-state index contributed by atoms with van der Waals surface area (Å²) in [5.41, 5.74) is 1.12. The van der Waals surface area contributed by atoms with E-state index in [2.05, 4.69) is 5.32 Å². The Morgan fingerprint density at radius 2 is 1.74 bits per heavy atom. The smallest absolute Gasteiger partial charge is 0.255 e. The monoisotopic (exact) mass is 381 g/mol. The number of nitrogens with one attached hydrogen (secondary N) is 2. The normalized spacial score (nSPS) is 14.9. The van der Waals surface area contributed by atoms with E-state index in [1.54, 1.807) is 4.90 Å². The zero-order valence-corrected chi connectivity index (χ0v) is 15.1. The van der Waals surface area contributed by atoms with Crippen molar-refractivity contribution in [3.63, 3.8) is 0 Å². The van der Waals surface area contributed by atoms with Crippen molar-refractivity contribution in [2.75, 3.05) is 26.2 Å². The average molecular weight is 381 g/mol. The molecule has 2 N–H and O–H groups in total. The van der Waals surface area contributed by atoms with Crippen LogP contribution in [0.1, 0.15) is 24.8 Å². The van der Waals surface area contributed by atoms with Crippen LogP contribution in [0.4, 0.5) is 8.78 Å². The number of piperidine rings is 1. The molecular formula is C19H25F2N3O3. The van der Waals surface area contributed by atoms with Crippen molar-refractivity contribution >= 4 is 17.7 Å². The molecule has 0 radical (unpaired) electrons. The molecule has 0 aromatic heterocycles. The first-order valence-electron chi connectivity index (χ1n) is 9.10. The molecular weight excluding hydrogens is 356 g/mol. The number of hydrogen-bond donors (Lipinski definition) is 2. The first-order valence-corrected chi connectivity index (χ1v) is 9.10. The van der Waals surface area contributed by atoms with Crippen LogP contribution in [-0.4, -0.2) is 55.2 Å². The zero-order chi connectivity index (χ0) is 19.6. The van der Waals surface area contributed by atoms with E-state index in [1.165, 1.54) is 0 Å². The minimum atomic E-state index is -2.62. The highest BCUT2D eigenvalue weighted by Gasteiger charge is 2.27. The van der Waals surface area contributed by atoms with Gasteiger partial charge in [-0.1, -0.05) is 30.3 Å². The maximum atomic E-state index is 12.3. The van der Waals surface area contributed by atoms with Crippen molar-refractivity contribution in [3.05, 3.63) is 35.9 Å². The van der Waals surface area contributed by atoms with Gasteiger partial charge in [0.2, 0.25) is 17.7 Å². The van der Waals surface area contributed by atoms with Crippen LogP contribution in [-0.2, 0) is 20.8 Å². The lowest BCUT2D eigenvalue weighted by Crippen LogP contribution is -2.45. The van der Waals surface area contributed by atoms with Crippen LogP contribution in [0.15, 0.2) is 30.3 Å². The largest absolute Gasteiger partial charge is 0.349 e. The van der Waals surface area contributed by atoms with Crippen molar-refractivity contribution in [2.24, 2.45) is 5.92 Å². The summed E-state index contributed by atoms with van der Waals surface area (Å²) in [6.07, 6.45) is -0.435. The number of nitrogens with zero attached hydrogens (tertiary/aromatic N) is 1. The fourth-order valence-electron chi connectivity index (χ4n) is 3.01. The van der Waals surface area contributed by atoms with Crippen LogP contribution in [0, 0.1) is 5.92 Å². The third kappa shape index (κ3) is 7.32. The van der Waals surface area contributed by atoms with Gasteiger partial charge in [-0.3, -0.25) is 14.4 Å². The van der Waals surface area contributed by atoms with Crippen LogP contribution in [0.5, 0.6) is 0 Å². The van der Waals surface area contributed by atoms with Gasteiger partial charge in [0.25, 0.3) is 6.43 Å². The molecule has 148 valence electrons. The number of carbonyl (C=O) groups is 3. The van der Waals surface area contributed by atoms with Gasteiger partial charge in [-0.15, -0.1) is 0 Å².